The van der Waals surface area contributed by atoms with E-state index in [4.69, 9.17) is 4.98 Å². The third kappa shape index (κ3) is 3.21. The Balaban J connectivity index is 1.34. The quantitative estimate of drug-likeness (QED) is 0.300. The third-order valence-electron chi connectivity index (χ3n) is 5.66. The number of H-pyrrole nitrogens is 2. The molecule has 6 rings (SSSR count). The lowest BCUT2D eigenvalue weighted by Crippen LogP contribution is -2.11. The molecule has 0 saturated carbocycles. The smallest absolute Gasteiger partial charge is 0.255 e. The summed E-state index contributed by atoms with van der Waals surface area (Å²) in [4.78, 5) is 31.4. The van der Waals surface area contributed by atoms with Gasteiger partial charge >= 0.3 is 0 Å². The molecular formula is C25H16N6O2. The summed E-state index contributed by atoms with van der Waals surface area (Å²) < 4.78 is 0. The fraction of sp³-hybridized carbons (Fsp3) is 0. The number of carbonyl (C=O) groups is 1. The van der Waals surface area contributed by atoms with Gasteiger partial charge in [-0.15, -0.1) is 4.91 Å². The normalized spacial score (nSPS) is 11.3. The number of nitrogens with zero attached hydrogens (tertiary/aromatic N) is 3. The molecule has 4 aromatic carbocycles. The number of benzene rings is 4. The summed E-state index contributed by atoms with van der Waals surface area (Å²) >= 11 is 0. The van der Waals surface area contributed by atoms with Crippen LogP contribution in [0.15, 0.2) is 84.0 Å². The highest BCUT2D eigenvalue weighted by atomic mass is 16.3. The number of hydrogen-bond acceptors (Lipinski definition) is 5. The molecule has 0 aliphatic heterocycles. The van der Waals surface area contributed by atoms with Crippen LogP contribution in [0.3, 0.4) is 0 Å². The van der Waals surface area contributed by atoms with Crippen LogP contribution < -0.4 is 5.32 Å². The number of aromatic nitrogens is 4. The summed E-state index contributed by atoms with van der Waals surface area (Å²) in [6, 6.07) is 23.9. The summed E-state index contributed by atoms with van der Waals surface area (Å²) in [5, 5.41) is 16.2. The van der Waals surface area contributed by atoms with E-state index in [1.165, 1.54) is 0 Å². The summed E-state index contributed by atoms with van der Waals surface area (Å²) in [6.07, 6.45) is 0. The first-order valence-corrected chi connectivity index (χ1v) is 10.3. The Morgan fingerprint density at radius 2 is 1.73 bits per heavy atom. The van der Waals surface area contributed by atoms with Gasteiger partial charge in [0.2, 0.25) is 0 Å². The van der Waals surface area contributed by atoms with E-state index < -0.39 is 0 Å². The van der Waals surface area contributed by atoms with Crippen LogP contribution in [0.25, 0.3) is 44.2 Å². The van der Waals surface area contributed by atoms with Gasteiger partial charge in [0.25, 0.3) is 5.91 Å². The summed E-state index contributed by atoms with van der Waals surface area (Å²) in [5.41, 5.74) is 4.60. The van der Waals surface area contributed by atoms with Gasteiger partial charge in [0.15, 0.2) is 5.82 Å². The van der Waals surface area contributed by atoms with Crippen LogP contribution >= 0.6 is 0 Å². The second kappa shape index (κ2) is 7.38. The predicted molar refractivity (Wildman–Crippen MR) is 129 cm³/mol. The van der Waals surface area contributed by atoms with Gasteiger partial charge in [-0.3, -0.25) is 9.89 Å². The minimum absolute atomic E-state index is 0.268. The fourth-order valence-corrected chi connectivity index (χ4v) is 4.01. The van der Waals surface area contributed by atoms with Gasteiger partial charge in [-0.1, -0.05) is 30.3 Å². The molecule has 0 radical (unpaired) electrons. The Morgan fingerprint density at radius 3 is 2.58 bits per heavy atom. The number of hydrogen-bond donors (Lipinski definition) is 3. The maximum Gasteiger partial charge on any atom is 0.255 e. The maximum absolute atomic E-state index is 12.7. The van der Waals surface area contributed by atoms with Crippen molar-refractivity contribution in [3.63, 3.8) is 0 Å². The molecule has 8 nitrogen and oxygen atoms in total. The summed E-state index contributed by atoms with van der Waals surface area (Å²) in [5.74, 6) is 0.392. The molecular weight excluding hydrogens is 416 g/mol. The number of nitroso groups, excluding NO2 is 1. The molecule has 158 valence electrons. The molecule has 2 aromatic heterocycles. The minimum atomic E-state index is -0.268. The molecule has 0 atom stereocenters. The van der Waals surface area contributed by atoms with Crippen LogP contribution in [0.4, 0.5) is 11.4 Å². The first kappa shape index (κ1) is 18.9. The number of fused-ring (bicyclic) bond motifs is 4. The molecule has 0 bridgehead atoms. The van der Waals surface area contributed by atoms with E-state index in [1.807, 2.05) is 24.3 Å². The molecule has 0 fully saturated rings. The first-order chi connectivity index (χ1) is 16.2. The summed E-state index contributed by atoms with van der Waals surface area (Å²) in [7, 11) is 0. The Hall–Kier alpha value is -4.85. The van der Waals surface area contributed by atoms with Gasteiger partial charge in [0.1, 0.15) is 11.4 Å². The number of aromatic amines is 2. The van der Waals surface area contributed by atoms with Gasteiger partial charge < -0.3 is 10.3 Å². The van der Waals surface area contributed by atoms with Gasteiger partial charge in [0.05, 0.1) is 16.6 Å². The molecule has 33 heavy (non-hydrogen) atoms. The SMILES string of the molecule is O=Nc1ccc(NC(=O)c2ccc3c(-c4nc5c(ccc6ccccc65)[nH]4)n[nH]c3c2)cc1. The number of rotatable bonds is 4. The highest BCUT2D eigenvalue weighted by Crippen LogP contribution is 2.30. The van der Waals surface area contributed by atoms with E-state index in [0.29, 0.717) is 28.5 Å². The molecule has 0 saturated heterocycles. The molecule has 8 heteroatoms. The van der Waals surface area contributed by atoms with E-state index in [0.717, 1.165) is 32.7 Å². The monoisotopic (exact) mass is 432 g/mol. The van der Waals surface area contributed by atoms with Crippen molar-refractivity contribution in [1.82, 2.24) is 20.2 Å². The zero-order chi connectivity index (χ0) is 22.4. The predicted octanol–water partition coefficient (Wildman–Crippen LogP) is 5.91. The van der Waals surface area contributed by atoms with Crippen molar-refractivity contribution in [3.8, 4) is 11.5 Å². The molecule has 0 aliphatic carbocycles. The van der Waals surface area contributed by atoms with Crippen LogP contribution in [-0.2, 0) is 0 Å². The minimum Gasteiger partial charge on any atom is -0.337 e. The van der Waals surface area contributed by atoms with Gasteiger partial charge in [-0.25, -0.2) is 4.98 Å². The second-order valence-corrected chi connectivity index (χ2v) is 7.69. The number of nitrogens with one attached hydrogen (secondary N) is 3. The Bertz CT molecular complexity index is 1680. The van der Waals surface area contributed by atoms with Crippen molar-refractivity contribution in [3.05, 3.63) is 89.3 Å². The number of imidazole rings is 1. The largest absolute Gasteiger partial charge is 0.337 e. The molecule has 0 unspecified atom stereocenters. The van der Waals surface area contributed by atoms with E-state index in [2.05, 4.69) is 43.9 Å². The molecule has 3 N–H and O–H groups in total. The maximum atomic E-state index is 12.7. The van der Waals surface area contributed by atoms with Crippen LogP contribution in [0.1, 0.15) is 10.4 Å². The van der Waals surface area contributed by atoms with Crippen molar-refractivity contribution in [1.29, 1.82) is 0 Å². The van der Waals surface area contributed by atoms with Crippen LogP contribution in [0.2, 0.25) is 0 Å². The Morgan fingerprint density at radius 1 is 0.879 bits per heavy atom. The van der Waals surface area contributed by atoms with Crippen molar-refractivity contribution in [2.45, 2.75) is 0 Å². The number of amides is 1. The highest BCUT2D eigenvalue weighted by Gasteiger charge is 2.16. The molecule has 2 heterocycles. The third-order valence-corrected chi connectivity index (χ3v) is 5.66. The van der Waals surface area contributed by atoms with Crippen molar-refractivity contribution < 1.29 is 4.79 Å². The van der Waals surface area contributed by atoms with Crippen LogP contribution in [0, 0.1) is 4.91 Å². The lowest BCUT2D eigenvalue weighted by molar-refractivity contribution is 0.102. The summed E-state index contributed by atoms with van der Waals surface area (Å²) in [6.45, 7) is 0. The van der Waals surface area contributed by atoms with Crippen LogP contribution in [0.5, 0.6) is 0 Å². The van der Waals surface area contributed by atoms with Crippen molar-refractivity contribution in [2.75, 3.05) is 5.32 Å². The van der Waals surface area contributed by atoms with Crippen LogP contribution in [-0.4, -0.2) is 26.1 Å². The lowest BCUT2D eigenvalue weighted by atomic mass is 10.1. The highest BCUT2D eigenvalue weighted by molar-refractivity contribution is 6.08. The standard InChI is InChI=1S/C25H16N6O2/c32-25(26-16-7-9-17(31-33)10-8-16)15-5-11-19-21(13-15)29-30-23(19)24-27-20-12-6-14-3-1-2-4-18(14)22(20)28-24/h1-13H,(H,26,32)(H,27,28)(H,29,30). The van der Waals surface area contributed by atoms with Gasteiger partial charge in [-0.2, -0.15) is 5.10 Å². The van der Waals surface area contributed by atoms with Gasteiger partial charge in [-0.05, 0) is 59.1 Å². The van der Waals surface area contributed by atoms with Crippen molar-refractivity contribution >= 4 is 50.0 Å². The van der Waals surface area contributed by atoms with E-state index in [1.54, 1.807) is 36.4 Å². The first-order valence-electron chi connectivity index (χ1n) is 10.3. The number of carbonyl (C=O) groups excluding carboxylic acids is 1. The molecule has 0 spiro atoms. The average molecular weight is 432 g/mol. The molecule has 6 aromatic rings. The fourth-order valence-electron chi connectivity index (χ4n) is 4.01. The van der Waals surface area contributed by atoms with E-state index >= 15 is 0 Å². The Labute approximate surface area is 186 Å². The van der Waals surface area contributed by atoms with Crippen molar-refractivity contribution in [2.24, 2.45) is 5.18 Å². The van der Waals surface area contributed by atoms with E-state index in [9.17, 15) is 9.70 Å². The molecule has 1 amide bonds. The Kier molecular flexibility index (Phi) is 4.22. The van der Waals surface area contributed by atoms with E-state index in [-0.39, 0.29) is 5.91 Å². The topological polar surface area (TPSA) is 116 Å². The average Bonchev–Trinajstić information content (AvgIpc) is 3.48. The van der Waals surface area contributed by atoms with Gasteiger partial charge in [0, 0.05) is 22.0 Å². The second-order valence-electron chi connectivity index (χ2n) is 7.69. The molecule has 0 aliphatic rings. The lowest BCUT2D eigenvalue weighted by Gasteiger charge is -2.05. The zero-order valence-corrected chi connectivity index (χ0v) is 17.2. The number of anilines is 1. The zero-order valence-electron chi connectivity index (χ0n) is 17.2.